The van der Waals surface area contributed by atoms with Crippen LogP contribution in [0.4, 0.5) is 4.39 Å². The van der Waals surface area contributed by atoms with Gasteiger partial charge in [0.2, 0.25) is 0 Å². The second kappa shape index (κ2) is 11.3. The highest BCUT2D eigenvalue weighted by Crippen LogP contribution is 2.41. The van der Waals surface area contributed by atoms with Gasteiger partial charge in [-0.05, 0) is 72.3 Å². The highest BCUT2D eigenvalue weighted by Gasteiger charge is 2.30. The maximum atomic E-state index is 13.9. The van der Waals surface area contributed by atoms with Crippen molar-refractivity contribution in [2.75, 3.05) is 0 Å². The molecule has 2 aromatic rings. The summed E-state index contributed by atoms with van der Waals surface area (Å²) >= 11 is 0. The molecule has 1 aliphatic heterocycles. The number of nitriles is 1. The maximum absolute atomic E-state index is 13.9. The van der Waals surface area contributed by atoms with Gasteiger partial charge in [-0.25, -0.2) is 4.39 Å². The Morgan fingerprint density at radius 3 is 2.19 bits per heavy atom. The van der Waals surface area contributed by atoms with Gasteiger partial charge in [0.1, 0.15) is 11.9 Å². The first kappa shape index (κ1) is 23.2. The van der Waals surface area contributed by atoms with E-state index in [1.54, 1.807) is 37.0 Å². The predicted molar refractivity (Wildman–Crippen MR) is 135 cm³/mol. The quantitative estimate of drug-likeness (QED) is 0.393. The van der Waals surface area contributed by atoms with E-state index in [2.05, 4.69) is 31.2 Å². The third-order valence-corrected chi connectivity index (χ3v) is 12.1. The molecule has 0 amide bonds. The van der Waals surface area contributed by atoms with Crippen molar-refractivity contribution in [2.24, 2.45) is 17.8 Å². The number of aryl methyl sites for hydroxylation is 1. The zero-order valence-corrected chi connectivity index (χ0v) is 20.8. The van der Waals surface area contributed by atoms with Crippen molar-refractivity contribution in [2.45, 2.75) is 82.8 Å². The van der Waals surface area contributed by atoms with Gasteiger partial charge in [-0.2, -0.15) is 5.26 Å². The molecule has 3 heteroatoms. The van der Waals surface area contributed by atoms with Crippen molar-refractivity contribution >= 4 is 8.80 Å². The van der Waals surface area contributed by atoms with E-state index in [4.69, 9.17) is 5.26 Å². The summed E-state index contributed by atoms with van der Waals surface area (Å²) in [6.07, 6.45) is 12.8. The van der Waals surface area contributed by atoms with Crippen LogP contribution in [0.1, 0.15) is 69.4 Å². The Balaban J connectivity index is 1.21. The second-order valence-electron chi connectivity index (χ2n) is 10.4. The van der Waals surface area contributed by atoms with Crippen LogP contribution in [0, 0.1) is 34.9 Å². The normalized spacial score (nSPS) is 25.9. The smallest absolute Gasteiger partial charge is 0.141 e. The maximum Gasteiger partial charge on any atom is 0.141 e. The molecule has 0 unspecified atom stereocenters. The van der Waals surface area contributed by atoms with Gasteiger partial charge in [-0.1, -0.05) is 87.5 Å². The zero-order valence-electron chi connectivity index (χ0n) is 19.7. The van der Waals surface area contributed by atoms with E-state index in [0.717, 1.165) is 35.3 Å². The molecule has 4 rings (SSSR count). The molecule has 1 aliphatic carbocycles. The molecule has 0 spiro atoms. The van der Waals surface area contributed by atoms with Crippen LogP contribution in [0.25, 0.3) is 11.1 Å². The third-order valence-electron chi connectivity index (χ3n) is 8.36. The Kier molecular flexibility index (Phi) is 8.19. The van der Waals surface area contributed by atoms with E-state index in [0.29, 0.717) is 0 Å². The zero-order chi connectivity index (χ0) is 22.3. The van der Waals surface area contributed by atoms with Crippen LogP contribution in [0.15, 0.2) is 42.5 Å². The Morgan fingerprint density at radius 2 is 1.56 bits per heavy atom. The molecule has 2 fully saturated rings. The minimum Gasteiger partial charge on any atom is -0.206 e. The van der Waals surface area contributed by atoms with Crippen LogP contribution in [-0.4, -0.2) is 8.80 Å². The first-order valence-electron chi connectivity index (χ1n) is 12.9. The molecule has 0 aromatic heterocycles. The summed E-state index contributed by atoms with van der Waals surface area (Å²) in [7, 11) is -0.339. The molecule has 1 saturated carbocycles. The molecule has 0 bridgehead atoms. The number of hydrogen-bond donors (Lipinski definition) is 0. The van der Waals surface area contributed by atoms with E-state index in [9.17, 15) is 4.39 Å². The fourth-order valence-corrected chi connectivity index (χ4v) is 9.81. The lowest BCUT2D eigenvalue weighted by molar-refractivity contribution is 0.186. The Bertz CT molecular complexity index is 900. The van der Waals surface area contributed by atoms with Crippen molar-refractivity contribution in [1.29, 1.82) is 5.26 Å². The Morgan fingerprint density at radius 1 is 0.906 bits per heavy atom. The molecule has 0 N–H and O–H groups in total. The van der Waals surface area contributed by atoms with Gasteiger partial charge in [-0.3, -0.25) is 0 Å². The summed E-state index contributed by atoms with van der Waals surface area (Å²) in [4.78, 5) is 0. The van der Waals surface area contributed by atoms with Gasteiger partial charge in [0.25, 0.3) is 0 Å². The number of halogens is 1. The number of hydrogen-bond acceptors (Lipinski definition) is 1. The van der Waals surface area contributed by atoms with Crippen molar-refractivity contribution in [3.63, 3.8) is 0 Å². The fourth-order valence-electron chi connectivity index (χ4n) is 6.32. The van der Waals surface area contributed by atoms with E-state index >= 15 is 0 Å². The van der Waals surface area contributed by atoms with Gasteiger partial charge in [-0.15, -0.1) is 0 Å². The molecule has 2 aromatic carbocycles. The Hall–Kier alpha value is -1.92. The largest absolute Gasteiger partial charge is 0.206 e. The molecular formula is C29H38FNSi. The van der Waals surface area contributed by atoms with Gasteiger partial charge in [0, 0.05) is 8.80 Å². The number of benzene rings is 2. The highest BCUT2D eigenvalue weighted by molar-refractivity contribution is 6.58. The first-order chi connectivity index (χ1) is 15.7. The molecule has 32 heavy (non-hydrogen) atoms. The molecular weight excluding hydrogens is 409 g/mol. The van der Waals surface area contributed by atoms with Crippen LogP contribution in [-0.2, 0) is 6.42 Å². The standard InChI is InChI=1S/C29H38FNSi/c1-2-17-32-18-15-26(16-19-32)24-9-5-22(6-10-24)3-4-23-7-11-25(12-8-23)27-13-14-28(21-31)29(30)20-27/h7-8,11-14,20,22,24,26,32H,2-6,9-10,15-19H2,1H3/t22-,24-,26?,32?. The van der Waals surface area contributed by atoms with E-state index < -0.39 is 5.82 Å². The molecule has 0 atom stereocenters. The first-order valence-corrected chi connectivity index (χ1v) is 15.4. The summed E-state index contributed by atoms with van der Waals surface area (Å²) in [5.41, 5.74) is 3.32. The average Bonchev–Trinajstić information content (AvgIpc) is 2.84. The van der Waals surface area contributed by atoms with Crippen molar-refractivity contribution < 1.29 is 4.39 Å². The number of nitrogens with zero attached hydrogens (tertiary/aromatic N) is 1. The third kappa shape index (κ3) is 5.90. The van der Waals surface area contributed by atoms with Crippen molar-refractivity contribution in [3.05, 3.63) is 59.4 Å². The molecule has 1 saturated heterocycles. The lowest BCUT2D eigenvalue weighted by Gasteiger charge is -2.37. The van der Waals surface area contributed by atoms with Gasteiger partial charge in [0.15, 0.2) is 0 Å². The van der Waals surface area contributed by atoms with Crippen LogP contribution in [0.3, 0.4) is 0 Å². The monoisotopic (exact) mass is 447 g/mol. The second-order valence-corrected chi connectivity index (χ2v) is 13.9. The molecule has 170 valence electrons. The minimum absolute atomic E-state index is 0.103. The summed E-state index contributed by atoms with van der Waals surface area (Å²) in [5.74, 6) is 2.52. The van der Waals surface area contributed by atoms with Crippen LogP contribution < -0.4 is 0 Å². The lowest BCUT2D eigenvalue weighted by Crippen LogP contribution is -2.28. The summed E-state index contributed by atoms with van der Waals surface area (Å²) < 4.78 is 13.9. The molecule has 1 nitrogen and oxygen atoms in total. The minimum atomic E-state index is -0.444. The van der Waals surface area contributed by atoms with Crippen LogP contribution >= 0.6 is 0 Å². The van der Waals surface area contributed by atoms with E-state index in [1.165, 1.54) is 50.2 Å². The van der Waals surface area contributed by atoms with Gasteiger partial charge in [0.05, 0.1) is 5.56 Å². The number of rotatable bonds is 7. The lowest BCUT2D eigenvalue weighted by atomic mass is 9.73. The fraction of sp³-hybridized carbons (Fsp3) is 0.552. The van der Waals surface area contributed by atoms with E-state index in [1.807, 2.05) is 12.1 Å². The topological polar surface area (TPSA) is 23.8 Å². The van der Waals surface area contributed by atoms with Gasteiger partial charge >= 0.3 is 0 Å². The summed E-state index contributed by atoms with van der Waals surface area (Å²) in [6.45, 7) is 2.37. The van der Waals surface area contributed by atoms with Crippen molar-refractivity contribution in [3.8, 4) is 17.2 Å². The highest BCUT2D eigenvalue weighted by atomic mass is 28.3. The summed E-state index contributed by atoms with van der Waals surface area (Å²) in [6, 6.07) is 20.1. The molecule has 0 radical (unpaired) electrons. The van der Waals surface area contributed by atoms with Crippen LogP contribution in [0.2, 0.25) is 18.1 Å². The molecule has 1 heterocycles. The average molecular weight is 448 g/mol. The summed E-state index contributed by atoms with van der Waals surface area (Å²) in [5, 5.41) is 8.90. The van der Waals surface area contributed by atoms with Crippen LogP contribution in [0.5, 0.6) is 0 Å². The predicted octanol–water partition coefficient (Wildman–Crippen LogP) is 8.15. The van der Waals surface area contributed by atoms with Crippen molar-refractivity contribution in [1.82, 2.24) is 0 Å². The van der Waals surface area contributed by atoms with Gasteiger partial charge < -0.3 is 0 Å². The Labute approximate surface area is 195 Å². The van der Waals surface area contributed by atoms with E-state index in [-0.39, 0.29) is 14.4 Å². The molecule has 2 aliphatic rings. The SMILES string of the molecule is CCC[SiH]1CCC([C@H]2CC[C@H](CCc3ccc(-c4ccc(C#N)c(F)c4)cc3)CC2)CC1.